The summed E-state index contributed by atoms with van der Waals surface area (Å²) in [5.74, 6) is 0. The molecule has 0 aromatic carbocycles. The number of rotatable bonds is 2. The Hall–Kier alpha value is -1.98. The molecule has 0 bridgehead atoms. The normalized spacial score (nSPS) is 16.8. The highest BCUT2D eigenvalue weighted by Gasteiger charge is 2.22. The van der Waals surface area contributed by atoms with Crippen LogP contribution in [-0.2, 0) is 0 Å². The van der Waals surface area contributed by atoms with Crippen LogP contribution in [0.1, 0.15) is 12.8 Å². The number of amides is 1. The molecular weight excluding hydrogens is 220 g/mol. The summed E-state index contributed by atoms with van der Waals surface area (Å²) >= 11 is 0. The predicted molar refractivity (Wildman–Crippen MR) is 64.9 cm³/mol. The number of anilines is 2. The second kappa shape index (κ2) is 4.90. The molecule has 1 saturated heterocycles. The largest absolute Gasteiger partial charge is 0.465 e. The highest BCUT2D eigenvalue weighted by molar-refractivity contribution is 5.66. The van der Waals surface area contributed by atoms with Crippen molar-refractivity contribution in [1.82, 2.24) is 9.88 Å². The fourth-order valence-electron chi connectivity index (χ4n) is 1.97. The molecule has 1 fully saturated rings. The minimum absolute atomic E-state index is 0.273. The van der Waals surface area contributed by atoms with Gasteiger partial charge in [-0.3, -0.25) is 4.98 Å². The number of carbonyl (C=O) groups is 1. The lowest BCUT2D eigenvalue weighted by molar-refractivity contribution is 0.134. The van der Waals surface area contributed by atoms with E-state index in [1.54, 1.807) is 12.4 Å². The molecule has 6 heteroatoms. The molecule has 0 radical (unpaired) electrons. The van der Waals surface area contributed by atoms with Crippen LogP contribution in [0.15, 0.2) is 18.5 Å². The molecule has 0 unspecified atom stereocenters. The van der Waals surface area contributed by atoms with Gasteiger partial charge in [-0.2, -0.15) is 0 Å². The molecule has 0 saturated carbocycles. The first-order chi connectivity index (χ1) is 8.16. The molecule has 1 aliphatic heterocycles. The van der Waals surface area contributed by atoms with Crippen LogP contribution in [0.3, 0.4) is 0 Å². The van der Waals surface area contributed by atoms with Gasteiger partial charge in [-0.25, -0.2) is 4.79 Å². The monoisotopic (exact) mass is 236 g/mol. The van der Waals surface area contributed by atoms with Gasteiger partial charge in [0, 0.05) is 25.3 Å². The van der Waals surface area contributed by atoms with Crippen molar-refractivity contribution < 1.29 is 9.90 Å². The van der Waals surface area contributed by atoms with E-state index in [1.807, 2.05) is 6.07 Å². The molecule has 4 N–H and O–H groups in total. The van der Waals surface area contributed by atoms with Crippen LogP contribution < -0.4 is 11.1 Å². The molecule has 0 spiro atoms. The van der Waals surface area contributed by atoms with Gasteiger partial charge < -0.3 is 21.1 Å². The zero-order valence-electron chi connectivity index (χ0n) is 9.47. The van der Waals surface area contributed by atoms with Gasteiger partial charge in [0.1, 0.15) is 0 Å². The Kier molecular flexibility index (Phi) is 3.32. The zero-order valence-corrected chi connectivity index (χ0v) is 9.47. The van der Waals surface area contributed by atoms with Gasteiger partial charge in [-0.05, 0) is 18.9 Å². The van der Waals surface area contributed by atoms with Gasteiger partial charge in [-0.15, -0.1) is 0 Å². The van der Waals surface area contributed by atoms with E-state index in [2.05, 4.69) is 10.3 Å². The number of nitrogens with one attached hydrogen (secondary N) is 1. The van der Waals surface area contributed by atoms with Gasteiger partial charge in [0.2, 0.25) is 0 Å². The number of nitrogens with two attached hydrogens (primary N) is 1. The first-order valence-electron chi connectivity index (χ1n) is 5.60. The van der Waals surface area contributed by atoms with Crippen LogP contribution in [0.4, 0.5) is 16.2 Å². The van der Waals surface area contributed by atoms with E-state index < -0.39 is 6.09 Å². The number of nitrogen functional groups attached to an aromatic ring is 1. The third-order valence-electron chi connectivity index (χ3n) is 2.98. The summed E-state index contributed by atoms with van der Waals surface area (Å²) in [4.78, 5) is 16.1. The minimum atomic E-state index is -0.841. The van der Waals surface area contributed by atoms with Crippen LogP contribution in [-0.4, -0.2) is 40.2 Å². The SMILES string of the molecule is Nc1cnccc1NC1CCN(C(=O)O)CC1. The molecule has 0 atom stereocenters. The lowest BCUT2D eigenvalue weighted by Gasteiger charge is -2.31. The fourth-order valence-corrected chi connectivity index (χ4v) is 1.97. The third kappa shape index (κ3) is 2.77. The maximum Gasteiger partial charge on any atom is 0.407 e. The topological polar surface area (TPSA) is 91.5 Å². The van der Waals surface area contributed by atoms with Crippen LogP contribution in [0.2, 0.25) is 0 Å². The first kappa shape index (κ1) is 11.5. The van der Waals surface area contributed by atoms with E-state index in [0.29, 0.717) is 18.8 Å². The molecule has 6 nitrogen and oxygen atoms in total. The second-order valence-corrected chi connectivity index (χ2v) is 4.15. The van der Waals surface area contributed by atoms with Gasteiger partial charge >= 0.3 is 6.09 Å². The highest BCUT2D eigenvalue weighted by Crippen LogP contribution is 2.20. The summed E-state index contributed by atoms with van der Waals surface area (Å²) in [6, 6.07) is 2.11. The van der Waals surface area contributed by atoms with Crippen molar-refractivity contribution in [1.29, 1.82) is 0 Å². The van der Waals surface area contributed by atoms with Crippen molar-refractivity contribution in [3.05, 3.63) is 18.5 Å². The highest BCUT2D eigenvalue weighted by atomic mass is 16.4. The van der Waals surface area contributed by atoms with E-state index >= 15 is 0 Å². The summed E-state index contributed by atoms with van der Waals surface area (Å²) in [7, 11) is 0. The Bertz CT molecular complexity index is 402. The number of likely N-dealkylation sites (tertiary alicyclic amines) is 1. The number of aromatic nitrogens is 1. The number of pyridine rings is 1. The third-order valence-corrected chi connectivity index (χ3v) is 2.98. The summed E-state index contributed by atoms with van der Waals surface area (Å²) in [6.45, 7) is 1.13. The van der Waals surface area contributed by atoms with Crippen molar-refractivity contribution in [2.45, 2.75) is 18.9 Å². The number of nitrogens with zero attached hydrogens (tertiary/aromatic N) is 2. The molecule has 1 aromatic rings. The molecular formula is C11H16N4O2. The van der Waals surface area contributed by atoms with Crippen LogP contribution in [0.25, 0.3) is 0 Å². The van der Waals surface area contributed by atoms with Gasteiger partial charge in [0.15, 0.2) is 0 Å². The molecule has 1 amide bonds. The van der Waals surface area contributed by atoms with Gasteiger partial charge in [-0.1, -0.05) is 0 Å². The molecule has 2 heterocycles. The fraction of sp³-hybridized carbons (Fsp3) is 0.455. The zero-order chi connectivity index (χ0) is 12.3. The van der Waals surface area contributed by atoms with Gasteiger partial charge in [0.05, 0.1) is 17.6 Å². The summed E-state index contributed by atoms with van der Waals surface area (Å²) in [5, 5.41) is 12.2. The second-order valence-electron chi connectivity index (χ2n) is 4.15. The lowest BCUT2D eigenvalue weighted by Crippen LogP contribution is -2.41. The van der Waals surface area contributed by atoms with E-state index in [4.69, 9.17) is 10.8 Å². The van der Waals surface area contributed by atoms with E-state index in [9.17, 15) is 4.79 Å². The van der Waals surface area contributed by atoms with Crippen LogP contribution >= 0.6 is 0 Å². The molecule has 17 heavy (non-hydrogen) atoms. The maximum atomic E-state index is 10.8. The molecule has 2 rings (SSSR count). The summed E-state index contributed by atoms with van der Waals surface area (Å²) < 4.78 is 0. The van der Waals surface area contributed by atoms with Crippen molar-refractivity contribution in [2.75, 3.05) is 24.1 Å². The number of carboxylic acid groups (broad SMARTS) is 1. The van der Waals surface area contributed by atoms with Crippen molar-refractivity contribution in [3.63, 3.8) is 0 Å². The Labute approximate surface area is 99.4 Å². The summed E-state index contributed by atoms with van der Waals surface area (Å²) in [6.07, 6.45) is 4.05. The first-order valence-corrected chi connectivity index (χ1v) is 5.60. The van der Waals surface area contributed by atoms with Crippen LogP contribution in [0.5, 0.6) is 0 Å². The van der Waals surface area contributed by atoms with Crippen molar-refractivity contribution >= 4 is 17.5 Å². The average molecular weight is 236 g/mol. The van der Waals surface area contributed by atoms with E-state index in [-0.39, 0.29) is 6.04 Å². The number of piperidine rings is 1. The minimum Gasteiger partial charge on any atom is -0.465 e. The average Bonchev–Trinajstić information content (AvgIpc) is 2.33. The quantitative estimate of drug-likeness (QED) is 0.718. The summed E-state index contributed by atoms with van der Waals surface area (Å²) in [5.41, 5.74) is 7.27. The molecule has 1 aliphatic rings. The molecule has 92 valence electrons. The standard InChI is InChI=1S/C11H16N4O2/c12-9-7-13-4-1-10(9)14-8-2-5-15(6-3-8)11(16)17/h1,4,7-8H,2-3,5-6,12H2,(H,13,14)(H,16,17). The molecule has 0 aliphatic carbocycles. The van der Waals surface area contributed by atoms with E-state index in [0.717, 1.165) is 18.5 Å². The molecule has 1 aromatic heterocycles. The van der Waals surface area contributed by atoms with Gasteiger partial charge in [0.25, 0.3) is 0 Å². The number of hydrogen-bond acceptors (Lipinski definition) is 4. The predicted octanol–water partition coefficient (Wildman–Crippen LogP) is 1.22. The number of hydrogen-bond donors (Lipinski definition) is 3. The Morgan fingerprint density at radius 1 is 1.53 bits per heavy atom. The van der Waals surface area contributed by atoms with Crippen molar-refractivity contribution in [3.8, 4) is 0 Å². The maximum absolute atomic E-state index is 10.8. The Balaban J connectivity index is 1.90. The van der Waals surface area contributed by atoms with Crippen LogP contribution in [0, 0.1) is 0 Å². The van der Waals surface area contributed by atoms with E-state index in [1.165, 1.54) is 4.90 Å². The Morgan fingerprint density at radius 2 is 2.24 bits per heavy atom. The smallest absolute Gasteiger partial charge is 0.407 e. The Morgan fingerprint density at radius 3 is 2.82 bits per heavy atom. The van der Waals surface area contributed by atoms with Crippen molar-refractivity contribution in [2.24, 2.45) is 0 Å². The lowest BCUT2D eigenvalue weighted by atomic mass is 10.1.